The van der Waals surface area contributed by atoms with Crippen LogP contribution in [0.25, 0.3) is 0 Å². The minimum atomic E-state index is -0.239. The molecule has 35 heavy (non-hydrogen) atoms. The lowest BCUT2D eigenvalue weighted by atomic mass is 10.0. The molecule has 1 heterocycles. The van der Waals surface area contributed by atoms with E-state index < -0.39 is 0 Å². The molecule has 0 radical (unpaired) electrons. The number of rotatable bonds is 11. The molecule has 1 aliphatic rings. The number of likely N-dealkylation sites (tertiary alicyclic amines) is 1. The molecule has 1 aliphatic heterocycles. The second-order valence-electron chi connectivity index (χ2n) is 9.17. The summed E-state index contributed by atoms with van der Waals surface area (Å²) in [5.41, 5.74) is 10.3. The predicted octanol–water partition coefficient (Wildman–Crippen LogP) is 4.91. The van der Waals surface area contributed by atoms with Crippen LogP contribution in [0.2, 0.25) is 5.02 Å². The Morgan fingerprint density at radius 3 is 2.69 bits per heavy atom. The Bertz CT molecular complexity index is 1030. The summed E-state index contributed by atoms with van der Waals surface area (Å²) >= 11 is 6.02. The predicted molar refractivity (Wildman–Crippen MR) is 146 cm³/mol. The van der Waals surface area contributed by atoms with E-state index >= 15 is 0 Å². The van der Waals surface area contributed by atoms with Gasteiger partial charge >= 0.3 is 0 Å². The summed E-state index contributed by atoms with van der Waals surface area (Å²) in [6.07, 6.45) is 6.05. The number of hydrogen-bond acceptors (Lipinski definition) is 4. The SMILES string of the molecule is C=C/C(C(=O)N1CCCC1CCN)=C(C)\C=C(/C)C(=O)NC(C)C(=C)CNc1ccc(Cl)cc1C. The number of nitrogens with one attached hydrogen (secondary N) is 2. The highest BCUT2D eigenvalue weighted by molar-refractivity contribution is 6.30. The van der Waals surface area contributed by atoms with E-state index in [9.17, 15) is 9.59 Å². The van der Waals surface area contributed by atoms with Gasteiger partial charge in [-0.2, -0.15) is 0 Å². The van der Waals surface area contributed by atoms with Crippen molar-refractivity contribution in [2.24, 2.45) is 5.73 Å². The highest BCUT2D eigenvalue weighted by Crippen LogP contribution is 2.24. The highest BCUT2D eigenvalue weighted by Gasteiger charge is 2.29. The van der Waals surface area contributed by atoms with Crippen molar-refractivity contribution in [1.82, 2.24) is 10.2 Å². The Hall–Kier alpha value is -2.83. The number of anilines is 1. The number of carbonyl (C=O) groups is 2. The van der Waals surface area contributed by atoms with Crippen LogP contribution >= 0.6 is 11.6 Å². The van der Waals surface area contributed by atoms with Gasteiger partial charge in [-0.1, -0.05) is 36.9 Å². The first kappa shape index (κ1) is 28.4. The van der Waals surface area contributed by atoms with Crippen molar-refractivity contribution in [3.05, 3.63) is 76.4 Å². The van der Waals surface area contributed by atoms with Crippen molar-refractivity contribution in [2.75, 3.05) is 25.0 Å². The number of amides is 2. The van der Waals surface area contributed by atoms with Crippen LogP contribution in [-0.4, -0.2) is 48.4 Å². The number of allylic oxidation sites excluding steroid dienone is 2. The van der Waals surface area contributed by atoms with Gasteiger partial charge in [0.05, 0.1) is 0 Å². The number of hydrogen-bond donors (Lipinski definition) is 3. The van der Waals surface area contributed by atoms with E-state index in [-0.39, 0.29) is 23.9 Å². The van der Waals surface area contributed by atoms with Gasteiger partial charge in [0, 0.05) is 47.0 Å². The lowest BCUT2D eigenvalue weighted by Crippen LogP contribution is -2.37. The van der Waals surface area contributed by atoms with Crippen molar-refractivity contribution in [1.29, 1.82) is 0 Å². The molecule has 0 spiro atoms. The molecule has 1 aromatic carbocycles. The van der Waals surface area contributed by atoms with Crippen LogP contribution in [-0.2, 0) is 9.59 Å². The zero-order valence-corrected chi connectivity index (χ0v) is 22.2. The lowest BCUT2D eigenvalue weighted by Gasteiger charge is -2.25. The molecule has 1 fully saturated rings. The fourth-order valence-electron chi connectivity index (χ4n) is 4.24. The first-order valence-corrected chi connectivity index (χ1v) is 12.5. The molecule has 7 heteroatoms. The number of nitrogens with zero attached hydrogens (tertiary/aromatic N) is 1. The standard InChI is InChI=1S/C28H39ClN4O2/c1-7-25(28(35)33-14-8-9-24(33)12-13-30)18(2)15-20(4)27(34)32-22(6)21(5)17-31-26-11-10-23(29)16-19(26)3/h7,10-11,15-16,22,24,31H,1,5,8-9,12-14,17,30H2,2-4,6H3,(H,32,34)/b20-15+,25-18+. The van der Waals surface area contributed by atoms with Gasteiger partial charge in [-0.15, -0.1) is 0 Å². The normalized spacial score (nSPS) is 17.5. The van der Waals surface area contributed by atoms with Gasteiger partial charge in [-0.3, -0.25) is 9.59 Å². The Balaban J connectivity index is 2.02. The molecule has 2 unspecified atom stereocenters. The molecule has 6 nitrogen and oxygen atoms in total. The molecule has 2 rings (SSSR count). The summed E-state index contributed by atoms with van der Waals surface area (Å²) in [5, 5.41) is 7.01. The summed E-state index contributed by atoms with van der Waals surface area (Å²) in [7, 11) is 0. The molecule has 0 saturated carbocycles. The molecule has 0 bridgehead atoms. The van der Waals surface area contributed by atoms with Crippen LogP contribution in [0, 0.1) is 6.92 Å². The molecule has 0 aliphatic carbocycles. The smallest absolute Gasteiger partial charge is 0.254 e. The summed E-state index contributed by atoms with van der Waals surface area (Å²) in [5.74, 6) is -0.262. The van der Waals surface area contributed by atoms with E-state index in [1.807, 2.05) is 43.9 Å². The third-order valence-electron chi connectivity index (χ3n) is 6.44. The molecule has 4 N–H and O–H groups in total. The van der Waals surface area contributed by atoms with Gasteiger partial charge in [-0.25, -0.2) is 0 Å². The highest BCUT2D eigenvalue weighted by atomic mass is 35.5. The van der Waals surface area contributed by atoms with Gasteiger partial charge in [-0.05, 0) is 88.4 Å². The van der Waals surface area contributed by atoms with Gasteiger partial charge in [0.25, 0.3) is 5.91 Å². The van der Waals surface area contributed by atoms with Crippen molar-refractivity contribution >= 4 is 29.1 Å². The largest absolute Gasteiger partial charge is 0.381 e. The van der Waals surface area contributed by atoms with Crippen molar-refractivity contribution in [2.45, 2.75) is 59.0 Å². The van der Waals surface area contributed by atoms with E-state index in [1.54, 1.807) is 19.1 Å². The first-order chi connectivity index (χ1) is 16.6. The number of nitrogens with two attached hydrogens (primary N) is 1. The summed E-state index contributed by atoms with van der Waals surface area (Å²) in [6, 6.07) is 5.58. The number of carbonyl (C=O) groups excluding carboxylic acids is 2. The lowest BCUT2D eigenvalue weighted by molar-refractivity contribution is -0.127. The van der Waals surface area contributed by atoms with E-state index in [2.05, 4.69) is 23.8 Å². The van der Waals surface area contributed by atoms with Crippen LogP contribution in [0.1, 0.15) is 45.6 Å². The zero-order chi connectivity index (χ0) is 26.1. The van der Waals surface area contributed by atoms with Crippen LogP contribution in [0.15, 0.2) is 65.8 Å². The average Bonchev–Trinajstić information content (AvgIpc) is 3.27. The maximum absolute atomic E-state index is 13.2. The third kappa shape index (κ3) is 7.84. The topological polar surface area (TPSA) is 87.5 Å². The molecule has 2 amide bonds. The number of halogens is 1. The van der Waals surface area contributed by atoms with E-state index in [0.29, 0.717) is 34.8 Å². The second kappa shape index (κ2) is 13.3. The Kier molecular flexibility index (Phi) is 10.8. The minimum Gasteiger partial charge on any atom is -0.381 e. The fourth-order valence-corrected chi connectivity index (χ4v) is 4.46. The molecule has 1 aromatic rings. The molecule has 1 saturated heterocycles. The monoisotopic (exact) mass is 498 g/mol. The molecule has 2 atom stereocenters. The fraction of sp³-hybridized carbons (Fsp3) is 0.429. The van der Waals surface area contributed by atoms with E-state index in [0.717, 1.165) is 42.6 Å². The maximum atomic E-state index is 13.2. The zero-order valence-electron chi connectivity index (χ0n) is 21.4. The second-order valence-corrected chi connectivity index (χ2v) is 9.60. The Labute approximate surface area is 215 Å². The van der Waals surface area contributed by atoms with Gasteiger partial charge in [0.15, 0.2) is 0 Å². The van der Waals surface area contributed by atoms with Crippen LogP contribution in [0.4, 0.5) is 5.69 Å². The van der Waals surface area contributed by atoms with Crippen LogP contribution in [0.5, 0.6) is 0 Å². The van der Waals surface area contributed by atoms with Crippen molar-refractivity contribution in [3.63, 3.8) is 0 Å². The molecule has 190 valence electrons. The molecule has 0 aromatic heterocycles. The first-order valence-electron chi connectivity index (χ1n) is 12.1. The molecular formula is C28H39ClN4O2. The Morgan fingerprint density at radius 2 is 2.06 bits per heavy atom. The summed E-state index contributed by atoms with van der Waals surface area (Å²) in [6.45, 7) is 17.2. The number of aryl methyl sites for hydroxylation is 1. The van der Waals surface area contributed by atoms with Crippen molar-refractivity contribution in [3.8, 4) is 0 Å². The van der Waals surface area contributed by atoms with E-state index in [4.69, 9.17) is 17.3 Å². The Morgan fingerprint density at radius 1 is 1.34 bits per heavy atom. The maximum Gasteiger partial charge on any atom is 0.254 e. The molecular weight excluding hydrogens is 460 g/mol. The average molecular weight is 499 g/mol. The van der Waals surface area contributed by atoms with Gasteiger partial charge < -0.3 is 21.3 Å². The van der Waals surface area contributed by atoms with Crippen molar-refractivity contribution < 1.29 is 9.59 Å². The van der Waals surface area contributed by atoms with Crippen LogP contribution < -0.4 is 16.4 Å². The van der Waals surface area contributed by atoms with Gasteiger partial charge in [0.1, 0.15) is 0 Å². The van der Waals surface area contributed by atoms with Crippen LogP contribution in [0.3, 0.4) is 0 Å². The summed E-state index contributed by atoms with van der Waals surface area (Å²) < 4.78 is 0. The quantitative estimate of drug-likeness (QED) is 0.230. The summed E-state index contributed by atoms with van der Waals surface area (Å²) in [4.78, 5) is 27.9. The van der Waals surface area contributed by atoms with Gasteiger partial charge in [0.2, 0.25) is 5.91 Å². The third-order valence-corrected chi connectivity index (χ3v) is 6.68. The number of benzene rings is 1. The van der Waals surface area contributed by atoms with E-state index in [1.165, 1.54) is 0 Å². The minimum absolute atomic E-state index is 0.0526.